The third-order valence-corrected chi connectivity index (χ3v) is 3.54. The van der Waals surface area contributed by atoms with Gasteiger partial charge in [0, 0.05) is 12.1 Å². The Balaban J connectivity index is 2.61. The van der Waals surface area contributed by atoms with Gasteiger partial charge in [0.25, 0.3) is 0 Å². The monoisotopic (exact) mass is 281 g/mol. The Hall–Kier alpha value is -1.49. The second-order valence-corrected chi connectivity index (χ2v) is 6.02. The van der Waals surface area contributed by atoms with Crippen LogP contribution in [0.1, 0.15) is 25.8 Å². The van der Waals surface area contributed by atoms with E-state index < -0.39 is 5.97 Å². The van der Waals surface area contributed by atoms with Crippen LogP contribution in [-0.4, -0.2) is 28.0 Å². The molecule has 0 aliphatic carbocycles. The third-order valence-electron chi connectivity index (χ3n) is 2.45. The van der Waals surface area contributed by atoms with Crippen LogP contribution >= 0.6 is 11.8 Å². The molecule has 0 aromatic heterocycles. The van der Waals surface area contributed by atoms with Crippen molar-refractivity contribution in [3.05, 3.63) is 29.8 Å². The minimum Gasteiger partial charge on any atom is -0.481 e. The van der Waals surface area contributed by atoms with Crippen LogP contribution in [0.2, 0.25) is 0 Å². The predicted octanol–water partition coefficient (Wildman–Crippen LogP) is 2.78. The maximum Gasteiger partial charge on any atom is 0.303 e. The topological polar surface area (TPSA) is 66.4 Å². The standard InChI is InChI=1S/C14H19NO3S/c1-10(2)19-9-13(16)15-12-6-4-3-5-11(12)7-8-14(17)18/h3-6,10H,7-9H2,1-2H3,(H,15,16)(H,17,18). The van der Waals surface area contributed by atoms with Gasteiger partial charge in [-0.2, -0.15) is 0 Å². The molecule has 2 N–H and O–H groups in total. The number of aliphatic carboxylic acids is 1. The summed E-state index contributed by atoms with van der Waals surface area (Å²) in [5.74, 6) is -0.483. The van der Waals surface area contributed by atoms with Crippen molar-refractivity contribution in [1.82, 2.24) is 0 Å². The maximum absolute atomic E-state index is 11.8. The first kappa shape index (κ1) is 15.6. The third kappa shape index (κ3) is 6.29. The summed E-state index contributed by atoms with van der Waals surface area (Å²) < 4.78 is 0. The van der Waals surface area contributed by atoms with Gasteiger partial charge in [0.1, 0.15) is 0 Å². The summed E-state index contributed by atoms with van der Waals surface area (Å²) in [4.78, 5) is 22.4. The molecule has 0 saturated carbocycles. The number of thioether (sulfide) groups is 1. The number of rotatable bonds is 7. The molecule has 1 aromatic rings. The molecule has 0 aliphatic rings. The Morgan fingerprint density at radius 1 is 1.32 bits per heavy atom. The van der Waals surface area contributed by atoms with Gasteiger partial charge in [0.15, 0.2) is 0 Å². The van der Waals surface area contributed by atoms with E-state index >= 15 is 0 Å². The van der Waals surface area contributed by atoms with Crippen LogP contribution < -0.4 is 5.32 Å². The first-order chi connectivity index (χ1) is 8.99. The van der Waals surface area contributed by atoms with Gasteiger partial charge in [-0.25, -0.2) is 0 Å². The van der Waals surface area contributed by atoms with Gasteiger partial charge < -0.3 is 10.4 Å². The van der Waals surface area contributed by atoms with E-state index in [9.17, 15) is 9.59 Å². The highest BCUT2D eigenvalue weighted by atomic mass is 32.2. The second kappa shape index (κ2) is 7.84. The molecule has 5 heteroatoms. The minimum atomic E-state index is -0.837. The molecule has 0 unspecified atom stereocenters. The Morgan fingerprint density at radius 2 is 2.00 bits per heavy atom. The van der Waals surface area contributed by atoms with Crippen LogP contribution in [0, 0.1) is 0 Å². The zero-order chi connectivity index (χ0) is 14.3. The van der Waals surface area contributed by atoms with E-state index in [4.69, 9.17) is 5.11 Å². The number of nitrogens with one attached hydrogen (secondary N) is 1. The van der Waals surface area contributed by atoms with Crippen molar-refractivity contribution in [3.63, 3.8) is 0 Å². The molecule has 0 spiro atoms. The molecule has 0 radical (unpaired) electrons. The molecular formula is C14H19NO3S. The van der Waals surface area contributed by atoms with Gasteiger partial charge >= 0.3 is 5.97 Å². The van der Waals surface area contributed by atoms with Crippen LogP contribution in [0.4, 0.5) is 5.69 Å². The Labute approximate surface area is 117 Å². The summed E-state index contributed by atoms with van der Waals surface area (Å²) in [7, 11) is 0. The van der Waals surface area contributed by atoms with E-state index in [2.05, 4.69) is 5.32 Å². The number of anilines is 1. The molecule has 0 atom stereocenters. The van der Waals surface area contributed by atoms with Crippen LogP contribution in [0.25, 0.3) is 0 Å². The lowest BCUT2D eigenvalue weighted by Gasteiger charge is -2.11. The van der Waals surface area contributed by atoms with E-state index in [1.165, 1.54) is 0 Å². The Morgan fingerprint density at radius 3 is 2.63 bits per heavy atom. The van der Waals surface area contributed by atoms with E-state index in [1.54, 1.807) is 17.8 Å². The molecule has 1 aromatic carbocycles. The Bertz CT molecular complexity index is 446. The van der Waals surface area contributed by atoms with Crippen LogP contribution in [-0.2, 0) is 16.0 Å². The lowest BCUT2D eigenvalue weighted by Crippen LogP contribution is -2.16. The molecule has 1 rings (SSSR count). The van der Waals surface area contributed by atoms with Crippen molar-refractivity contribution < 1.29 is 14.7 Å². The van der Waals surface area contributed by atoms with Gasteiger partial charge in [-0.3, -0.25) is 9.59 Å². The summed E-state index contributed by atoms with van der Waals surface area (Å²) >= 11 is 1.58. The predicted molar refractivity (Wildman–Crippen MR) is 78.6 cm³/mol. The van der Waals surface area contributed by atoms with Crippen molar-refractivity contribution in [1.29, 1.82) is 0 Å². The van der Waals surface area contributed by atoms with Gasteiger partial charge in [0.2, 0.25) is 5.91 Å². The second-order valence-electron chi connectivity index (χ2n) is 4.46. The van der Waals surface area contributed by atoms with E-state index in [0.29, 0.717) is 23.1 Å². The zero-order valence-electron chi connectivity index (χ0n) is 11.2. The highest BCUT2D eigenvalue weighted by Gasteiger charge is 2.08. The summed E-state index contributed by atoms with van der Waals surface area (Å²) in [5.41, 5.74) is 1.56. The lowest BCUT2D eigenvalue weighted by molar-refractivity contribution is -0.136. The van der Waals surface area contributed by atoms with E-state index in [1.807, 2.05) is 32.0 Å². The van der Waals surface area contributed by atoms with Crippen molar-refractivity contribution in [3.8, 4) is 0 Å². The minimum absolute atomic E-state index is 0.0542. The summed E-state index contributed by atoms with van der Waals surface area (Å²) in [5, 5.41) is 11.9. The van der Waals surface area contributed by atoms with Crippen LogP contribution in [0.15, 0.2) is 24.3 Å². The SMILES string of the molecule is CC(C)SCC(=O)Nc1ccccc1CCC(=O)O. The normalized spacial score (nSPS) is 10.5. The van der Waals surface area contributed by atoms with Crippen LogP contribution in [0.5, 0.6) is 0 Å². The number of carboxylic acids is 1. The van der Waals surface area contributed by atoms with Crippen molar-refractivity contribution in [2.75, 3.05) is 11.1 Å². The van der Waals surface area contributed by atoms with Gasteiger partial charge in [-0.15, -0.1) is 11.8 Å². The fraction of sp³-hybridized carbons (Fsp3) is 0.429. The molecule has 0 heterocycles. The average Bonchev–Trinajstić information content (AvgIpc) is 2.35. The van der Waals surface area contributed by atoms with E-state index in [-0.39, 0.29) is 12.3 Å². The quantitative estimate of drug-likeness (QED) is 0.806. The average molecular weight is 281 g/mol. The van der Waals surface area contributed by atoms with Crippen molar-refractivity contribution in [2.24, 2.45) is 0 Å². The fourth-order valence-corrected chi connectivity index (χ4v) is 2.09. The molecule has 0 fully saturated rings. The number of aryl methyl sites for hydroxylation is 1. The molecule has 104 valence electrons. The van der Waals surface area contributed by atoms with Gasteiger partial charge in [0.05, 0.1) is 5.75 Å². The first-order valence-corrected chi connectivity index (χ1v) is 7.25. The zero-order valence-corrected chi connectivity index (χ0v) is 12.0. The number of carboxylic acid groups (broad SMARTS) is 1. The molecular weight excluding hydrogens is 262 g/mol. The lowest BCUT2D eigenvalue weighted by atomic mass is 10.1. The molecule has 4 nitrogen and oxygen atoms in total. The number of benzene rings is 1. The van der Waals surface area contributed by atoms with Gasteiger partial charge in [-0.05, 0) is 23.3 Å². The smallest absolute Gasteiger partial charge is 0.303 e. The molecule has 0 saturated heterocycles. The fourth-order valence-electron chi connectivity index (χ4n) is 1.53. The number of hydrogen-bond acceptors (Lipinski definition) is 3. The first-order valence-electron chi connectivity index (χ1n) is 6.20. The summed E-state index contributed by atoms with van der Waals surface area (Å²) in [6.45, 7) is 4.08. The number of hydrogen-bond donors (Lipinski definition) is 2. The Kier molecular flexibility index (Phi) is 6.42. The summed E-state index contributed by atoms with van der Waals surface area (Å²) in [6, 6.07) is 7.31. The van der Waals surface area contributed by atoms with Gasteiger partial charge in [-0.1, -0.05) is 32.0 Å². The van der Waals surface area contributed by atoms with E-state index in [0.717, 1.165) is 5.56 Å². The van der Waals surface area contributed by atoms with Crippen molar-refractivity contribution in [2.45, 2.75) is 31.9 Å². The molecule has 1 amide bonds. The molecule has 19 heavy (non-hydrogen) atoms. The largest absolute Gasteiger partial charge is 0.481 e. The van der Waals surface area contributed by atoms with Crippen LogP contribution in [0.3, 0.4) is 0 Å². The summed E-state index contributed by atoms with van der Waals surface area (Å²) in [6.07, 6.45) is 0.483. The highest BCUT2D eigenvalue weighted by molar-refractivity contribution is 8.00. The van der Waals surface area contributed by atoms with Crippen molar-refractivity contribution >= 4 is 29.3 Å². The number of para-hydroxylation sites is 1. The highest BCUT2D eigenvalue weighted by Crippen LogP contribution is 2.18. The maximum atomic E-state index is 11.8. The number of amides is 1. The number of carbonyl (C=O) groups is 2. The molecule has 0 bridgehead atoms. The number of carbonyl (C=O) groups excluding carboxylic acids is 1. The molecule has 0 aliphatic heterocycles.